The Kier molecular flexibility index (Phi) is 5.75. The molecule has 1 heterocycles. The van der Waals surface area contributed by atoms with Crippen LogP contribution in [0.4, 0.5) is 0 Å². The molecular weight excluding hydrogens is 322 g/mol. The molecular formula is C19H21NO5. The molecule has 132 valence electrons. The summed E-state index contributed by atoms with van der Waals surface area (Å²) in [5.41, 5.74) is 0.270. The molecule has 1 aromatic heterocycles. The monoisotopic (exact) mass is 343 g/mol. The van der Waals surface area contributed by atoms with Gasteiger partial charge in [-0.1, -0.05) is 19.4 Å². The Hall–Kier alpha value is -2.89. The van der Waals surface area contributed by atoms with Gasteiger partial charge in [0.2, 0.25) is 0 Å². The number of hydrogen-bond acceptors (Lipinski definition) is 5. The second-order valence-electron chi connectivity index (χ2n) is 6.39. The van der Waals surface area contributed by atoms with Gasteiger partial charge in [-0.15, -0.1) is 0 Å². The van der Waals surface area contributed by atoms with E-state index < -0.39 is 17.5 Å². The Morgan fingerprint density at radius 3 is 2.60 bits per heavy atom. The number of fused-ring (bicyclic) bond motifs is 1. The molecule has 0 spiro atoms. The highest BCUT2D eigenvalue weighted by atomic mass is 16.5. The summed E-state index contributed by atoms with van der Waals surface area (Å²) in [4.78, 5) is 35.8. The Morgan fingerprint density at radius 1 is 1.24 bits per heavy atom. The molecule has 2 aromatic rings. The van der Waals surface area contributed by atoms with Crippen LogP contribution in [0.5, 0.6) is 5.75 Å². The Labute approximate surface area is 145 Å². The maximum Gasteiger partial charge on any atom is 0.349 e. The Balaban J connectivity index is 2.29. The molecule has 1 aromatic carbocycles. The van der Waals surface area contributed by atoms with E-state index >= 15 is 0 Å². The molecule has 0 fully saturated rings. The van der Waals surface area contributed by atoms with Gasteiger partial charge in [-0.3, -0.25) is 4.79 Å². The number of amides is 1. The number of ether oxygens (including phenoxy) is 1. The van der Waals surface area contributed by atoms with Crippen LogP contribution in [0.15, 0.2) is 45.1 Å². The average Bonchev–Trinajstić information content (AvgIpc) is 2.50. The van der Waals surface area contributed by atoms with Gasteiger partial charge in [0, 0.05) is 24.1 Å². The molecule has 1 N–H and O–H groups in total. The quantitative estimate of drug-likeness (QED) is 0.390. The molecule has 0 aliphatic rings. The van der Waals surface area contributed by atoms with E-state index in [0.29, 0.717) is 11.9 Å². The van der Waals surface area contributed by atoms with Gasteiger partial charge in [0.25, 0.3) is 5.91 Å². The summed E-state index contributed by atoms with van der Waals surface area (Å²) in [6.45, 7) is 7.96. The van der Waals surface area contributed by atoms with Crippen molar-refractivity contribution in [3.63, 3.8) is 0 Å². The number of carbonyl (C=O) groups is 2. The van der Waals surface area contributed by atoms with Gasteiger partial charge in [-0.05, 0) is 38.0 Å². The molecule has 6 nitrogen and oxygen atoms in total. The summed E-state index contributed by atoms with van der Waals surface area (Å²) in [7, 11) is 0. The van der Waals surface area contributed by atoms with Gasteiger partial charge in [0.15, 0.2) is 0 Å². The van der Waals surface area contributed by atoms with Crippen molar-refractivity contribution in [1.82, 2.24) is 5.32 Å². The third-order valence-corrected chi connectivity index (χ3v) is 3.25. The van der Waals surface area contributed by atoms with Gasteiger partial charge >= 0.3 is 11.6 Å². The predicted molar refractivity (Wildman–Crippen MR) is 94.7 cm³/mol. The van der Waals surface area contributed by atoms with Crippen LogP contribution in [0.2, 0.25) is 0 Å². The van der Waals surface area contributed by atoms with E-state index in [1.54, 1.807) is 26.0 Å². The van der Waals surface area contributed by atoms with Gasteiger partial charge in [0.1, 0.15) is 16.9 Å². The van der Waals surface area contributed by atoms with Crippen molar-refractivity contribution in [3.05, 3.63) is 51.9 Å². The molecule has 0 aliphatic carbocycles. The van der Waals surface area contributed by atoms with E-state index in [4.69, 9.17) is 9.15 Å². The predicted octanol–water partition coefficient (Wildman–Crippen LogP) is 3.05. The minimum Gasteiger partial charge on any atom is -0.423 e. The number of nitrogens with one attached hydrogen (secondary N) is 1. The molecule has 0 bridgehead atoms. The molecule has 25 heavy (non-hydrogen) atoms. The topological polar surface area (TPSA) is 85.6 Å². The lowest BCUT2D eigenvalue weighted by molar-refractivity contribution is -0.129. The smallest absolute Gasteiger partial charge is 0.349 e. The fourth-order valence-corrected chi connectivity index (χ4v) is 2.09. The van der Waals surface area contributed by atoms with Crippen LogP contribution in [0, 0.1) is 5.92 Å². The molecule has 1 amide bonds. The maximum atomic E-state index is 12.1. The van der Waals surface area contributed by atoms with E-state index in [9.17, 15) is 14.4 Å². The van der Waals surface area contributed by atoms with E-state index in [-0.39, 0.29) is 22.8 Å². The lowest BCUT2D eigenvalue weighted by atomic mass is 10.1. The third-order valence-electron chi connectivity index (χ3n) is 3.25. The normalized spacial score (nSPS) is 10.6. The van der Waals surface area contributed by atoms with E-state index in [2.05, 4.69) is 5.32 Å². The van der Waals surface area contributed by atoms with Gasteiger partial charge < -0.3 is 14.5 Å². The third kappa shape index (κ3) is 5.04. The highest BCUT2D eigenvalue weighted by Gasteiger charge is 2.14. The first-order valence-electron chi connectivity index (χ1n) is 7.99. The molecule has 0 saturated carbocycles. The number of carbonyl (C=O) groups excluding carboxylic acids is 2. The van der Waals surface area contributed by atoms with Gasteiger partial charge in [-0.25, -0.2) is 9.59 Å². The van der Waals surface area contributed by atoms with Crippen molar-refractivity contribution in [2.45, 2.75) is 27.7 Å². The number of rotatable bonds is 5. The summed E-state index contributed by atoms with van der Waals surface area (Å²) < 4.78 is 10.4. The van der Waals surface area contributed by atoms with E-state index in [0.717, 1.165) is 5.57 Å². The molecule has 0 atom stereocenters. The molecule has 0 radical (unpaired) electrons. The van der Waals surface area contributed by atoms with Crippen LogP contribution < -0.4 is 15.7 Å². The van der Waals surface area contributed by atoms with Crippen LogP contribution in [0.25, 0.3) is 11.0 Å². The van der Waals surface area contributed by atoms with Crippen molar-refractivity contribution in [3.8, 4) is 5.75 Å². The zero-order valence-electron chi connectivity index (χ0n) is 14.7. The highest BCUT2D eigenvalue weighted by Crippen LogP contribution is 2.21. The molecule has 6 heteroatoms. The highest BCUT2D eigenvalue weighted by molar-refractivity contribution is 5.96. The fourth-order valence-electron chi connectivity index (χ4n) is 2.09. The lowest BCUT2D eigenvalue weighted by Gasteiger charge is -2.08. The van der Waals surface area contributed by atoms with Crippen LogP contribution in [0.1, 0.15) is 38.1 Å². The van der Waals surface area contributed by atoms with Crippen LogP contribution >= 0.6 is 0 Å². The maximum absolute atomic E-state index is 12.1. The second-order valence-corrected chi connectivity index (χ2v) is 6.39. The van der Waals surface area contributed by atoms with Crippen LogP contribution in [-0.2, 0) is 4.79 Å². The summed E-state index contributed by atoms with van der Waals surface area (Å²) in [5.74, 6) is -0.445. The number of esters is 1. The van der Waals surface area contributed by atoms with Crippen molar-refractivity contribution in [2.24, 2.45) is 5.92 Å². The summed E-state index contributed by atoms with van der Waals surface area (Å²) in [6, 6.07) is 6.12. The van der Waals surface area contributed by atoms with Crippen molar-refractivity contribution >= 4 is 22.8 Å². The SMILES string of the molecule is CC(C)=CC(=O)Oc1ccc2cc(C(=O)NCC(C)C)c(=O)oc2c1. The largest absolute Gasteiger partial charge is 0.423 e. The lowest BCUT2D eigenvalue weighted by Crippen LogP contribution is -2.31. The van der Waals surface area contributed by atoms with Gasteiger partial charge in [0.05, 0.1) is 0 Å². The van der Waals surface area contributed by atoms with E-state index in [1.165, 1.54) is 18.2 Å². The van der Waals surface area contributed by atoms with Crippen molar-refractivity contribution < 1.29 is 18.7 Å². The Morgan fingerprint density at radius 2 is 1.96 bits per heavy atom. The average molecular weight is 343 g/mol. The fraction of sp³-hybridized carbons (Fsp3) is 0.316. The Bertz CT molecular complexity index is 888. The number of benzene rings is 1. The summed E-state index contributed by atoms with van der Waals surface area (Å²) in [6.07, 6.45) is 1.36. The summed E-state index contributed by atoms with van der Waals surface area (Å²) >= 11 is 0. The number of hydrogen-bond donors (Lipinski definition) is 1. The first-order valence-corrected chi connectivity index (χ1v) is 7.99. The zero-order chi connectivity index (χ0) is 18.6. The standard InChI is InChI=1S/C19H21NO5/c1-11(2)7-17(21)24-14-6-5-13-8-15(18(22)20-10-12(3)4)19(23)25-16(13)9-14/h5-9,12H,10H2,1-4H3,(H,20,22). The van der Waals surface area contributed by atoms with Crippen molar-refractivity contribution in [2.75, 3.05) is 6.54 Å². The molecule has 0 aliphatic heterocycles. The second kappa shape index (κ2) is 7.79. The first-order chi connectivity index (χ1) is 11.8. The van der Waals surface area contributed by atoms with E-state index in [1.807, 2.05) is 13.8 Å². The molecule has 2 rings (SSSR count). The molecule has 0 saturated heterocycles. The minimum absolute atomic E-state index is 0.0533. The first kappa shape index (κ1) is 18.4. The zero-order valence-corrected chi connectivity index (χ0v) is 14.7. The van der Waals surface area contributed by atoms with Gasteiger partial charge in [-0.2, -0.15) is 0 Å². The number of allylic oxidation sites excluding steroid dienone is 1. The van der Waals surface area contributed by atoms with Crippen LogP contribution in [-0.4, -0.2) is 18.4 Å². The summed E-state index contributed by atoms with van der Waals surface area (Å²) in [5, 5.41) is 3.25. The van der Waals surface area contributed by atoms with Crippen molar-refractivity contribution in [1.29, 1.82) is 0 Å². The minimum atomic E-state index is -0.735. The van der Waals surface area contributed by atoms with Crippen LogP contribution in [0.3, 0.4) is 0 Å². The molecule has 0 unspecified atom stereocenters.